The molecule has 6 nitrogen and oxygen atoms in total. The Morgan fingerprint density at radius 3 is 1.22 bits per heavy atom. The summed E-state index contributed by atoms with van der Waals surface area (Å²) in [6.07, 6.45) is 0. The van der Waals surface area contributed by atoms with Crippen LogP contribution >= 0.6 is 0 Å². The number of carbonyl (C=O) groups is 1. The number of carboxylic acids is 1. The predicted octanol–water partition coefficient (Wildman–Crippen LogP) is 1.50. The van der Waals surface area contributed by atoms with Crippen LogP contribution < -0.4 is 0 Å². The molecule has 1 N–H and O–H groups in total. The summed E-state index contributed by atoms with van der Waals surface area (Å²) in [5, 5.41) is 7.42. The first kappa shape index (κ1) is 24.1. The molecule has 0 unspecified atom stereocenters. The Kier molecular flexibility index (Phi) is 21.7. The molecule has 0 aliphatic rings. The first-order valence-corrected chi connectivity index (χ1v) is 7.36. The van der Waals surface area contributed by atoms with Crippen LogP contribution in [-0.2, 0) is 22.5 Å². The Hall–Kier alpha value is 1.10. The minimum Gasteiger partial charge on any atom is -1.00 e. The van der Waals surface area contributed by atoms with Crippen molar-refractivity contribution in [2.45, 2.75) is 34.6 Å². The second kappa shape index (κ2) is 16.2. The van der Waals surface area contributed by atoms with Gasteiger partial charge in [-0.15, -0.1) is 0 Å². The third kappa shape index (κ3) is 15.2. The molecule has 108 valence electrons. The van der Waals surface area contributed by atoms with Crippen LogP contribution in [0.2, 0.25) is 0 Å². The third-order valence-electron chi connectivity index (χ3n) is 1.28. The Balaban J connectivity index is -0.0000000951. The van der Waals surface area contributed by atoms with Crippen LogP contribution in [0.25, 0.3) is 0 Å². The summed E-state index contributed by atoms with van der Waals surface area (Å²) >= 11 is 0. The fraction of sp³-hybridized carbons (Fsp3) is 0.900. The predicted molar refractivity (Wildman–Crippen MR) is 73.5 cm³/mol. The molecule has 0 amide bonds. The maximum Gasteiger partial charge on any atom is 2.00 e. The van der Waals surface area contributed by atoms with E-state index in [1.807, 2.05) is 27.7 Å². The Bertz CT molecular complexity index is 169. The van der Waals surface area contributed by atoms with E-state index in [0.717, 1.165) is 6.92 Å². The molecule has 18 heavy (non-hydrogen) atoms. The molecule has 0 bridgehead atoms. The van der Waals surface area contributed by atoms with E-state index in [9.17, 15) is 0 Å². The van der Waals surface area contributed by atoms with Gasteiger partial charge in [-0.3, -0.25) is 4.79 Å². The summed E-state index contributed by atoms with van der Waals surface area (Å²) in [5.41, 5.74) is 0. The van der Waals surface area contributed by atoms with Crippen LogP contribution in [0.3, 0.4) is 0 Å². The fourth-order valence-electron chi connectivity index (χ4n) is 0.957. The first-order valence-electron chi connectivity index (χ1n) is 5.73. The van der Waals surface area contributed by atoms with E-state index in [4.69, 9.17) is 27.6 Å². The standard InChI is InChI=1S/C8H20O4Si.C2H4O2.Ba.2H/c1-5-9-13(10-6-2,11-7-3)12-8-4;1-2(3)4;;;/h5-8H2,1-4H3;1H3,(H,3,4);;;/q;;+2;2*-1. The maximum atomic E-state index is 9.00. The van der Waals surface area contributed by atoms with Crippen molar-refractivity contribution in [3.05, 3.63) is 0 Å². The molecule has 0 aromatic carbocycles. The second-order valence-electron chi connectivity index (χ2n) is 2.75. The van der Waals surface area contributed by atoms with Gasteiger partial charge >= 0.3 is 57.9 Å². The van der Waals surface area contributed by atoms with Crippen LogP contribution in [0.5, 0.6) is 0 Å². The molecule has 0 aromatic rings. The SMILES string of the molecule is CC(=O)O.CCO[Si](OCC)(OCC)OCC.[Ba+2].[H-].[H-]. The average Bonchev–Trinajstić information content (AvgIpc) is 2.18. The van der Waals surface area contributed by atoms with Crippen molar-refractivity contribution in [1.82, 2.24) is 0 Å². The zero-order valence-corrected chi connectivity index (χ0v) is 17.5. The first-order chi connectivity index (χ1) is 7.97. The summed E-state index contributed by atoms with van der Waals surface area (Å²) < 4.78 is 21.7. The summed E-state index contributed by atoms with van der Waals surface area (Å²) in [5.74, 6) is -0.833. The van der Waals surface area contributed by atoms with Gasteiger partial charge in [-0.2, -0.15) is 0 Å². The Morgan fingerprint density at radius 2 is 1.11 bits per heavy atom. The van der Waals surface area contributed by atoms with Gasteiger partial charge in [0.05, 0.1) is 0 Å². The molecule has 0 fully saturated rings. The van der Waals surface area contributed by atoms with E-state index in [-0.39, 0.29) is 51.7 Å². The van der Waals surface area contributed by atoms with Crippen LogP contribution in [0, 0.1) is 0 Å². The smallest absolute Gasteiger partial charge is 1.00 e. The summed E-state index contributed by atoms with van der Waals surface area (Å²) in [6, 6.07) is 0. The van der Waals surface area contributed by atoms with Crippen molar-refractivity contribution in [1.29, 1.82) is 0 Å². The molecule has 0 aliphatic carbocycles. The van der Waals surface area contributed by atoms with Gasteiger partial charge in [0.15, 0.2) is 0 Å². The van der Waals surface area contributed by atoms with Crippen LogP contribution in [0.4, 0.5) is 0 Å². The van der Waals surface area contributed by atoms with Gasteiger partial charge in [0.1, 0.15) is 0 Å². The molecule has 0 heterocycles. The van der Waals surface area contributed by atoms with Gasteiger partial charge in [0, 0.05) is 33.4 Å². The number of aliphatic carboxylic acids is 1. The van der Waals surface area contributed by atoms with E-state index in [2.05, 4.69) is 0 Å². The van der Waals surface area contributed by atoms with Crippen molar-refractivity contribution in [2.24, 2.45) is 0 Å². The maximum absolute atomic E-state index is 9.00. The second-order valence-corrected chi connectivity index (χ2v) is 4.91. The van der Waals surface area contributed by atoms with Gasteiger partial charge in [0.25, 0.3) is 5.97 Å². The number of hydrogen-bond acceptors (Lipinski definition) is 5. The van der Waals surface area contributed by atoms with Gasteiger partial charge in [0.2, 0.25) is 0 Å². The van der Waals surface area contributed by atoms with E-state index in [1.165, 1.54) is 0 Å². The van der Waals surface area contributed by atoms with Gasteiger partial charge in [-0.25, -0.2) is 0 Å². The zero-order valence-electron chi connectivity index (χ0n) is 14.0. The van der Waals surface area contributed by atoms with Crippen molar-refractivity contribution in [2.75, 3.05) is 26.4 Å². The molecule has 0 saturated heterocycles. The quantitative estimate of drug-likeness (QED) is 0.615. The van der Waals surface area contributed by atoms with Gasteiger partial charge < -0.3 is 25.7 Å². The average molecular weight is 408 g/mol. The summed E-state index contributed by atoms with van der Waals surface area (Å²) in [7, 11) is -2.80. The molecule has 0 aliphatic heterocycles. The van der Waals surface area contributed by atoms with Crippen LogP contribution in [-0.4, -0.2) is 95.4 Å². The molecule has 0 spiro atoms. The monoisotopic (exact) mass is 408 g/mol. The molecular formula is C10H26BaO6Si. The largest absolute Gasteiger partial charge is 2.00 e. The molecular weight excluding hydrogens is 382 g/mol. The van der Waals surface area contributed by atoms with E-state index in [0.29, 0.717) is 26.4 Å². The van der Waals surface area contributed by atoms with Crippen molar-refractivity contribution in [3.63, 3.8) is 0 Å². The molecule has 0 saturated carbocycles. The number of hydrogen-bond donors (Lipinski definition) is 1. The topological polar surface area (TPSA) is 74.2 Å². The van der Waals surface area contributed by atoms with Crippen LogP contribution in [0.1, 0.15) is 37.5 Å². The number of carboxylic acid groups (broad SMARTS) is 1. The third-order valence-corrected chi connectivity index (χ3v) is 3.85. The van der Waals surface area contributed by atoms with Crippen molar-refractivity contribution < 1.29 is 30.5 Å². The molecule has 8 heteroatoms. The normalized spacial score (nSPS) is 10.1. The van der Waals surface area contributed by atoms with E-state index >= 15 is 0 Å². The van der Waals surface area contributed by atoms with E-state index < -0.39 is 15.0 Å². The molecule has 0 aromatic heterocycles. The minimum atomic E-state index is -2.80. The van der Waals surface area contributed by atoms with Crippen molar-refractivity contribution in [3.8, 4) is 0 Å². The molecule has 0 radical (unpaired) electrons. The minimum absolute atomic E-state index is 0. The van der Waals surface area contributed by atoms with Gasteiger partial charge in [-0.1, -0.05) is 0 Å². The Morgan fingerprint density at radius 1 is 0.944 bits per heavy atom. The van der Waals surface area contributed by atoms with Crippen LogP contribution in [0.15, 0.2) is 0 Å². The molecule has 0 rings (SSSR count). The number of rotatable bonds is 8. The van der Waals surface area contributed by atoms with Gasteiger partial charge in [-0.05, 0) is 27.7 Å². The Labute approximate surface area is 154 Å². The van der Waals surface area contributed by atoms with Crippen molar-refractivity contribution >= 4 is 63.9 Å². The zero-order chi connectivity index (χ0) is 13.7. The summed E-state index contributed by atoms with van der Waals surface area (Å²) in [4.78, 5) is 9.00. The summed E-state index contributed by atoms with van der Waals surface area (Å²) in [6.45, 7) is 10.9. The van der Waals surface area contributed by atoms with E-state index in [1.54, 1.807) is 0 Å². The fourth-order valence-corrected chi connectivity index (χ4v) is 2.87. The molecule has 0 atom stereocenters.